The zero-order valence-electron chi connectivity index (χ0n) is 7.90. The molecule has 4 heteroatoms. The maximum atomic E-state index is 10.7. The van der Waals surface area contributed by atoms with Gasteiger partial charge in [0, 0.05) is 19.3 Å². The average molecular weight is 179 g/mol. The second-order valence-electron chi connectivity index (χ2n) is 2.59. The van der Waals surface area contributed by atoms with Crippen LogP contribution in [-0.4, -0.2) is 29.3 Å². The van der Waals surface area contributed by atoms with Gasteiger partial charge in [0.1, 0.15) is 12.1 Å². The molecule has 0 bridgehead atoms. The first kappa shape index (κ1) is 9.64. The molecule has 0 atom stereocenters. The summed E-state index contributed by atoms with van der Waals surface area (Å²) in [6.07, 6.45) is 3.78. The molecule has 1 heterocycles. The highest BCUT2D eigenvalue weighted by atomic mass is 16.1. The first-order valence-corrected chi connectivity index (χ1v) is 4.33. The summed E-state index contributed by atoms with van der Waals surface area (Å²) in [5.74, 6) is 0.718. The van der Waals surface area contributed by atoms with E-state index in [0.29, 0.717) is 5.56 Å². The molecule has 0 aliphatic carbocycles. The molecule has 1 aromatic rings. The van der Waals surface area contributed by atoms with Crippen LogP contribution in [0.5, 0.6) is 0 Å². The Morgan fingerprint density at radius 3 is 2.69 bits per heavy atom. The molecule has 1 rings (SSSR count). The summed E-state index contributed by atoms with van der Waals surface area (Å²) in [6, 6.07) is 0. The molecule has 0 amide bonds. The Balaban J connectivity index is 3.03. The Hall–Kier alpha value is -1.45. The van der Waals surface area contributed by atoms with Gasteiger partial charge in [-0.2, -0.15) is 0 Å². The molecule has 0 fully saturated rings. The van der Waals surface area contributed by atoms with Crippen LogP contribution in [-0.2, 0) is 0 Å². The second-order valence-corrected chi connectivity index (χ2v) is 2.59. The first-order valence-electron chi connectivity index (χ1n) is 4.33. The fourth-order valence-corrected chi connectivity index (χ4v) is 1.20. The van der Waals surface area contributed by atoms with Crippen LogP contribution < -0.4 is 4.90 Å². The van der Waals surface area contributed by atoms with Crippen molar-refractivity contribution in [2.45, 2.75) is 13.8 Å². The number of anilines is 1. The molecule has 0 unspecified atom stereocenters. The SMILES string of the molecule is CCN(CC)c1ncncc1C=O. The number of aromatic nitrogens is 2. The maximum Gasteiger partial charge on any atom is 0.155 e. The van der Waals surface area contributed by atoms with Crippen molar-refractivity contribution < 1.29 is 4.79 Å². The van der Waals surface area contributed by atoms with Crippen LogP contribution in [0.1, 0.15) is 24.2 Å². The Bertz CT molecular complexity index is 284. The van der Waals surface area contributed by atoms with Gasteiger partial charge in [-0.1, -0.05) is 0 Å². The van der Waals surface area contributed by atoms with Crippen molar-refractivity contribution in [3.63, 3.8) is 0 Å². The normalized spacial score (nSPS) is 9.69. The lowest BCUT2D eigenvalue weighted by molar-refractivity contribution is 0.112. The van der Waals surface area contributed by atoms with Crippen LogP contribution in [0.15, 0.2) is 12.5 Å². The van der Waals surface area contributed by atoms with Gasteiger partial charge >= 0.3 is 0 Å². The van der Waals surface area contributed by atoms with Gasteiger partial charge in [0.15, 0.2) is 6.29 Å². The van der Waals surface area contributed by atoms with E-state index in [1.54, 1.807) is 0 Å². The zero-order chi connectivity index (χ0) is 9.68. The first-order chi connectivity index (χ1) is 6.33. The summed E-state index contributed by atoms with van der Waals surface area (Å²) >= 11 is 0. The van der Waals surface area contributed by atoms with Crippen molar-refractivity contribution in [1.82, 2.24) is 9.97 Å². The zero-order valence-corrected chi connectivity index (χ0v) is 7.90. The molecule has 0 N–H and O–H groups in total. The van der Waals surface area contributed by atoms with E-state index >= 15 is 0 Å². The minimum atomic E-state index is 0.547. The van der Waals surface area contributed by atoms with E-state index in [-0.39, 0.29) is 0 Å². The third kappa shape index (κ3) is 2.02. The van der Waals surface area contributed by atoms with E-state index in [1.165, 1.54) is 12.5 Å². The highest BCUT2D eigenvalue weighted by Crippen LogP contribution is 2.12. The largest absolute Gasteiger partial charge is 0.356 e. The van der Waals surface area contributed by atoms with E-state index in [9.17, 15) is 4.79 Å². The van der Waals surface area contributed by atoms with Gasteiger partial charge in [-0.15, -0.1) is 0 Å². The van der Waals surface area contributed by atoms with E-state index in [2.05, 4.69) is 9.97 Å². The molecule has 4 nitrogen and oxygen atoms in total. The molecule has 13 heavy (non-hydrogen) atoms. The van der Waals surface area contributed by atoms with Crippen LogP contribution in [0.25, 0.3) is 0 Å². The Kier molecular flexibility index (Phi) is 3.37. The molecule has 70 valence electrons. The molecular weight excluding hydrogens is 166 g/mol. The topological polar surface area (TPSA) is 46.1 Å². The fraction of sp³-hybridized carbons (Fsp3) is 0.444. The predicted molar refractivity (Wildman–Crippen MR) is 51.0 cm³/mol. The number of aldehydes is 1. The van der Waals surface area contributed by atoms with E-state index in [1.807, 2.05) is 18.7 Å². The monoisotopic (exact) mass is 179 g/mol. The van der Waals surface area contributed by atoms with Gasteiger partial charge in [0.05, 0.1) is 5.56 Å². The van der Waals surface area contributed by atoms with Crippen molar-refractivity contribution in [3.05, 3.63) is 18.1 Å². The summed E-state index contributed by atoms with van der Waals surface area (Å²) in [5, 5.41) is 0. The van der Waals surface area contributed by atoms with E-state index < -0.39 is 0 Å². The Morgan fingerprint density at radius 2 is 2.15 bits per heavy atom. The molecule has 0 radical (unpaired) electrons. The van der Waals surface area contributed by atoms with Crippen LogP contribution in [0.4, 0.5) is 5.82 Å². The standard InChI is InChI=1S/C9H13N3O/c1-3-12(4-2)9-8(6-13)5-10-7-11-9/h5-7H,3-4H2,1-2H3. The van der Waals surface area contributed by atoms with Crippen LogP contribution in [0.2, 0.25) is 0 Å². The Labute approximate surface area is 77.6 Å². The van der Waals surface area contributed by atoms with Gasteiger partial charge in [0.25, 0.3) is 0 Å². The fourth-order valence-electron chi connectivity index (χ4n) is 1.20. The predicted octanol–water partition coefficient (Wildman–Crippen LogP) is 1.14. The third-order valence-corrected chi connectivity index (χ3v) is 1.91. The smallest absolute Gasteiger partial charge is 0.155 e. The summed E-state index contributed by atoms with van der Waals surface area (Å²) < 4.78 is 0. The number of carbonyl (C=O) groups is 1. The van der Waals surface area contributed by atoms with Crippen molar-refractivity contribution in [2.75, 3.05) is 18.0 Å². The summed E-state index contributed by atoms with van der Waals surface area (Å²) in [5.41, 5.74) is 0.547. The quantitative estimate of drug-likeness (QED) is 0.650. The van der Waals surface area contributed by atoms with Crippen molar-refractivity contribution in [1.29, 1.82) is 0 Å². The molecule has 0 aliphatic heterocycles. The minimum Gasteiger partial charge on any atom is -0.356 e. The van der Waals surface area contributed by atoms with Crippen LogP contribution in [0.3, 0.4) is 0 Å². The molecule has 1 aromatic heterocycles. The number of nitrogens with zero attached hydrogens (tertiary/aromatic N) is 3. The number of rotatable bonds is 4. The summed E-state index contributed by atoms with van der Waals surface area (Å²) in [4.78, 5) is 20.5. The van der Waals surface area contributed by atoms with Gasteiger partial charge in [0.2, 0.25) is 0 Å². The molecule has 0 saturated heterocycles. The van der Waals surface area contributed by atoms with Gasteiger partial charge in [-0.05, 0) is 13.8 Å². The van der Waals surface area contributed by atoms with Crippen LogP contribution in [0, 0.1) is 0 Å². The molecule has 0 aromatic carbocycles. The highest BCUT2D eigenvalue weighted by molar-refractivity contribution is 5.82. The number of hydrogen-bond donors (Lipinski definition) is 0. The molecular formula is C9H13N3O. The number of carbonyl (C=O) groups excluding carboxylic acids is 1. The van der Waals surface area contributed by atoms with E-state index in [0.717, 1.165) is 25.2 Å². The summed E-state index contributed by atoms with van der Waals surface area (Å²) in [6.45, 7) is 5.74. The highest BCUT2D eigenvalue weighted by Gasteiger charge is 2.08. The minimum absolute atomic E-state index is 0.547. The van der Waals surface area contributed by atoms with Crippen molar-refractivity contribution >= 4 is 12.1 Å². The van der Waals surface area contributed by atoms with Crippen molar-refractivity contribution in [2.24, 2.45) is 0 Å². The van der Waals surface area contributed by atoms with Crippen molar-refractivity contribution in [3.8, 4) is 0 Å². The van der Waals surface area contributed by atoms with Crippen LogP contribution >= 0.6 is 0 Å². The number of hydrogen-bond acceptors (Lipinski definition) is 4. The van der Waals surface area contributed by atoms with Gasteiger partial charge in [-0.3, -0.25) is 4.79 Å². The molecule has 0 spiro atoms. The summed E-state index contributed by atoms with van der Waals surface area (Å²) in [7, 11) is 0. The van der Waals surface area contributed by atoms with E-state index in [4.69, 9.17) is 0 Å². The molecule has 0 aliphatic rings. The third-order valence-electron chi connectivity index (χ3n) is 1.91. The lowest BCUT2D eigenvalue weighted by atomic mass is 10.3. The van der Waals surface area contributed by atoms with Gasteiger partial charge in [-0.25, -0.2) is 9.97 Å². The maximum absolute atomic E-state index is 10.7. The Morgan fingerprint density at radius 1 is 1.46 bits per heavy atom. The lowest BCUT2D eigenvalue weighted by Crippen LogP contribution is -2.24. The molecule has 0 saturated carbocycles. The van der Waals surface area contributed by atoms with Gasteiger partial charge < -0.3 is 4.90 Å². The lowest BCUT2D eigenvalue weighted by Gasteiger charge is -2.20. The second kappa shape index (κ2) is 4.54. The average Bonchev–Trinajstić information content (AvgIpc) is 2.20.